The number of thiophene rings is 1. The van der Waals surface area contributed by atoms with Crippen molar-refractivity contribution >= 4 is 50.7 Å². The largest absolute Gasteiger partial charge is 0.495 e. The minimum absolute atomic E-state index is 0.126. The molecular weight excluding hydrogens is 463 g/mol. The molecule has 0 unspecified atom stereocenters. The Bertz CT molecular complexity index is 1170. The first-order valence-electron chi connectivity index (χ1n) is 9.27. The van der Waals surface area contributed by atoms with Crippen molar-refractivity contribution in [3.8, 4) is 21.9 Å². The molecule has 3 aromatic rings. The summed E-state index contributed by atoms with van der Waals surface area (Å²) in [7, 11) is 3.04. The zero-order chi connectivity index (χ0) is 22.1. The van der Waals surface area contributed by atoms with Gasteiger partial charge in [0.25, 0.3) is 0 Å². The second-order valence-electron chi connectivity index (χ2n) is 6.82. The van der Waals surface area contributed by atoms with Crippen molar-refractivity contribution in [2.75, 3.05) is 33.2 Å². The van der Waals surface area contributed by atoms with Crippen LogP contribution in [0.15, 0.2) is 17.2 Å². The van der Waals surface area contributed by atoms with Crippen molar-refractivity contribution in [2.24, 2.45) is 5.11 Å². The lowest BCUT2D eigenvalue weighted by atomic mass is 9.91. The number of azide groups is 1. The first-order chi connectivity index (χ1) is 15.0. The highest BCUT2D eigenvalue weighted by atomic mass is 35.5. The van der Waals surface area contributed by atoms with Crippen LogP contribution in [0.25, 0.3) is 31.1 Å². The quantitative estimate of drug-likeness (QED) is 0.293. The second kappa shape index (κ2) is 8.94. The number of anilines is 1. The van der Waals surface area contributed by atoms with Gasteiger partial charge >= 0.3 is 0 Å². The molecule has 0 aliphatic carbocycles. The molecule has 162 valence electrons. The molecule has 0 saturated carbocycles. The first kappa shape index (κ1) is 21.7. The Balaban J connectivity index is 1.93. The van der Waals surface area contributed by atoms with E-state index in [1.807, 2.05) is 6.07 Å². The van der Waals surface area contributed by atoms with Gasteiger partial charge in [0.05, 0.1) is 42.6 Å². The molecule has 0 bridgehead atoms. The third kappa shape index (κ3) is 3.93. The summed E-state index contributed by atoms with van der Waals surface area (Å²) in [6, 6.07) is 3.25. The fourth-order valence-corrected chi connectivity index (χ4v) is 5.58. The van der Waals surface area contributed by atoms with Gasteiger partial charge in [0, 0.05) is 39.3 Å². The standard InChI is InChI=1S/C19H18Cl2N6O3S/c1-28-11-6-12(29-2)16(21)14(15(11)20)13-5-8-17(24-19(22)25-18(8)31-13)9-7-30-4-3-10(9)26-27-23/h5-6,9-10H,3-4,7H2,1-2H3,(H2,22,24,25)/t9-,10-/m0/s1. The Labute approximate surface area is 191 Å². The van der Waals surface area contributed by atoms with Crippen LogP contribution in [-0.4, -0.2) is 43.4 Å². The highest BCUT2D eigenvalue weighted by Gasteiger charge is 2.31. The van der Waals surface area contributed by atoms with Gasteiger partial charge in [-0.2, -0.15) is 0 Å². The van der Waals surface area contributed by atoms with E-state index in [2.05, 4.69) is 20.0 Å². The highest BCUT2D eigenvalue weighted by Crippen LogP contribution is 2.49. The maximum atomic E-state index is 8.97. The van der Waals surface area contributed by atoms with Crippen molar-refractivity contribution in [3.05, 3.63) is 38.3 Å². The lowest BCUT2D eigenvalue weighted by Crippen LogP contribution is -2.29. The summed E-state index contributed by atoms with van der Waals surface area (Å²) >= 11 is 14.6. The molecule has 1 fully saturated rings. The number of nitrogens with two attached hydrogens (primary N) is 1. The molecule has 1 aliphatic rings. The molecule has 2 aromatic heterocycles. The number of hydrogen-bond acceptors (Lipinski definition) is 8. The molecule has 9 nitrogen and oxygen atoms in total. The number of fused-ring (bicyclic) bond motifs is 1. The number of nitrogens with zero attached hydrogens (tertiary/aromatic N) is 5. The van der Waals surface area contributed by atoms with Gasteiger partial charge in [0.1, 0.15) is 16.3 Å². The molecule has 3 heterocycles. The molecule has 0 radical (unpaired) electrons. The van der Waals surface area contributed by atoms with E-state index < -0.39 is 0 Å². The fourth-order valence-electron chi connectivity index (χ4n) is 3.66. The van der Waals surface area contributed by atoms with E-state index in [1.165, 1.54) is 25.6 Å². The summed E-state index contributed by atoms with van der Waals surface area (Å²) in [5, 5.41) is 5.43. The van der Waals surface area contributed by atoms with Crippen molar-refractivity contribution in [3.63, 3.8) is 0 Å². The van der Waals surface area contributed by atoms with E-state index in [4.69, 9.17) is 48.7 Å². The van der Waals surface area contributed by atoms with E-state index >= 15 is 0 Å². The molecule has 31 heavy (non-hydrogen) atoms. The van der Waals surface area contributed by atoms with Crippen LogP contribution < -0.4 is 15.2 Å². The average Bonchev–Trinajstić information content (AvgIpc) is 3.17. The van der Waals surface area contributed by atoms with Gasteiger partial charge in [-0.1, -0.05) is 28.3 Å². The number of hydrogen-bond donors (Lipinski definition) is 1. The zero-order valence-electron chi connectivity index (χ0n) is 16.6. The summed E-state index contributed by atoms with van der Waals surface area (Å²) in [4.78, 5) is 13.3. The lowest BCUT2D eigenvalue weighted by Gasteiger charge is -2.28. The van der Waals surface area contributed by atoms with Crippen molar-refractivity contribution < 1.29 is 14.2 Å². The summed E-state index contributed by atoms with van der Waals surface area (Å²) < 4.78 is 16.4. The average molecular weight is 481 g/mol. The minimum atomic E-state index is -0.288. The predicted molar refractivity (Wildman–Crippen MR) is 121 cm³/mol. The Kier molecular flexibility index (Phi) is 6.27. The SMILES string of the molecule is COc1cc(OC)c(Cl)c(-c2cc3c([C@H]4COCC[C@@H]4N=[N+]=[N-])nc(N)nc3s2)c1Cl. The van der Waals surface area contributed by atoms with Gasteiger partial charge in [-0.05, 0) is 18.0 Å². The van der Waals surface area contributed by atoms with E-state index in [9.17, 15) is 0 Å². The van der Waals surface area contributed by atoms with Crippen LogP contribution in [-0.2, 0) is 4.74 Å². The Morgan fingerprint density at radius 3 is 2.58 bits per heavy atom. The summed E-state index contributed by atoms with van der Waals surface area (Å²) in [6.07, 6.45) is 0.599. The summed E-state index contributed by atoms with van der Waals surface area (Å²) in [5.41, 5.74) is 16.2. The normalized spacial score (nSPS) is 18.6. The molecule has 12 heteroatoms. The number of nitrogen functional groups attached to an aromatic ring is 1. The zero-order valence-corrected chi connectivity index (χ0v) is 19.0. The van der Waals surface area contributed by atoms with Gasteiger partial charge in [-0.3, -0.25) is 0 Å². The molecule has 4 rings (SSSR count). The van der Waals surface area contributed by atoms with Crippen LogP contribution in [0.2, 0.25) is 10.0 Å². The van der Waals surface area contributed by atoms with Crippen LogP contribution in [0.3, 0.4) is 0 Å². The minimum Gasteiger partial charge on any atom is -0.495 e. The molecule has 1 saturated heterocycles. The number of rotatable bonds is 5. The second-order valence-corrected chi connectivity index (χ2v) is 8.61. The summed E-state index contributed by atoms with van der Waals surface area (Å²) in [5.74, 6) is 0.753. The molecule has 2 N–H and O–H groups in total. The lowest BCUT2D eigenvalue weighted by molar-refractivity contribution is 0.0685. The number of aromatic nitrogens is 2. The molecule has 2 atom stereocenters. The number of benzene rings is 1. The van der Waals surface area contributed by atoms with E-state index in [-0.39, 0.29) is 17.9 Å². The third-order valence-electron chi connectivity index (χ3n) is 5.13. The highest BCUT2D eigenvalue weighted by molar-refractivity contribution is 7.22. The number of methoxy groups -OCH3 is 2. The van der Waals surface area contributed by atoms with Crippen LogP contribution >= 0.6 is 34.5 Å². The molecule has 1 aliphatic heterocycles. The third-order valence-corrected chi connectivity index (χ3v) is 6.93. The summed E-state index contributed by atoms with van der Waals surface area (Å²) in [6.45, 7) is 0.891. The van der Waals surface area contributed by atoms with Gasteiger partial charge < -0.3 is 19.9 Å². The molecular formula is C19H18Cl2N6O3S. The van der Waals surface area contributed by atoms with Gasteiger partial charge in [0.2, 0.25) is 5.95 Å². The first-order valence-corrected chi connectivity index (χ1v) is 10.8. The fraction of sp³-hybridized carbons (Fsp3) is 0.368. The maximum Gasteiger partial charge on any atom is 0.221 e. The number of ether oxygens (including phenoxy) is 3. The van der Waals surface area contributed by atoms with E-state index in [0.29, 0.717) is 57.3 Å². The maximum absolute atomic E-state index is 8.97. The smallest absolute Gasteiger partial charge is 0.221 e. The Hall–Kier alpha value is -2.49. The Morgan fingerprint density at radius 1 is 1.23 bits per heavy atom. The van der Waals surface area contributed by atoms with Crippen LogP contribution in [0.4, 0.5) is 5.95 Å². The van der Waals surface area contributed by atoms with Crippen LogP contribution in [0, 0.1) is 0 Å². The number of halogens is 2. The Morgan fingerprint density at radius 2 is 1.94 bits per heavy atom. The molecule has 1 aromatic carbocycles. The molecule has 0 spiro atoms. The van der Waals surface area contributed by atoms with Crippen molar-refractivity contribution in [1.82, 2.24) is 9.97 Å². The topological polar surface area (TPSA) is 128 Å². The van der Waals surface area contributed by atoms with Crippen molar-refractivity contribution in [2.45, 2.75) is 18.4 Å². The van der Waals surface area contributed by atoms with E-state index in [0.717, 1.165) is 10.3 Å². The van der Waals surface area contributed by atoms with Gasteiger partial charge in [0.15, 0.2) is 0 Å². The van der Waals surface area contributed by atoms with Crippen molar-refractivity contribution in [1.29, 1.82) is 0 Å². The van der Waals surface area contributed by atoms with Gasteiger partial charge in [-0.25, -0.2) is 9.97 Å². The predicted octanol–water partition coefficient (Wildman–Crippen LogP) is 5.45. The monoisotopic (exact) mass is 480 g/mol. The van der Waals surface area contributed by atoms with Crippen LogP contribution in [0.5, 0.6) is 11.5 Å². The molecule has 0 amide bonds. The van der Waals surface area contributed by atoms with E-state index in [1.54, 1.807) is 6.07 Å². The van der Waals surface area contributed by atoms with Gasteiger partial charge in [-0.15, -0.1) is 11.3 Å². The van der Waals surface area contributed by atoms with Crippen LogP contribution in [0.1, 0.15) is 18.0 Å².